The van der Waals surface area contributed by atoms with Crippen molar-refractivity contribution in [1.82, 2.24) is 0 Å². The minimum Gasteiger partial charge on any atom is -0.206 e. The lowest BCUT2D eigenvalue weighted by molar-refractivity contribution is 0.572. The number of aryl methyl sites for hydroxylation is 2. The number of hydrogen-bond donors (Lipinski definition) is 0. The van der Waals surface area contributed by atoms with E-state index in [4.69, 9.17) is 11.6 Å². The third-order valence-electron chi connectivity index (χ3n) is 5.23. The molecule has 0 bridgehead atoms. The maximum atomic E-state index is 15.2. The van der Waals surface area contributed by atoms with Crippen LogP contribution in [-0.2, 0) is 19.3 Å². The molecule has 0 nitrogen and oxygen atoms in total. The van der Waals surface area contributed by atoms with E-state index < -0.39 is 33.9 Å². The first kappa shape index (κ1) is 19.0. The molecule has 0 saturated heterocycles. The summed E-state index contributed by atoms with van der Waals surface area (Å²) >= 11 is 5.49. The molecule has 0 aliphatic heterocycles. The summed E-state index contributed by atoms with van der Waals surface area (Å²) in [6.07, 6.45) is 3.01. The largest absolute Gasteiger partial charge is 0.206 e. The number of benzene rings is 3. The molecule has 0 heterocycles. The van der Waals surface area contributed by atoms with Gasteiger partial charge in [-0.3, -0.25) is 0 Å². The molecule has 0 radical (unpaired) electrons. The van der Waals surface area contributed by atoms with Gasteiger partial charge in [0.25, 0.3) is 0 Å². The molecule has 0 atom stereocenters. The third-order valence-corrected chi connectivity index (χ3v) is 5.60. The van der Waals surface area contributed by atoms with E-state index in [0.717, 1.165) is 36.1 Å². The second-order valence-corrected chi connectivity index (χ2v) is 7.45. The molecular weight excluding hydrogens is 388 g/mol. The number of halogens is 5. The third kappa shape index (κ3) is 3.10. The first-order valence-corrected chi connectivity index (χ1v) is 9.56. The lowest BCUT2D eigenvalue weighted by atomic mass is 9.82. The van der Waals surface area contributed by atoms with E-state index in [9.17, 15) is 13.2 Å². The van der Waals surface area contributed by atoms with Gasteiger partial charge in [0, 0.05) is 0 Å². The summed E-state index contributed by atoms with van der Waals surface area (Å²) < 4.78 is 57.7. The smallest absolute Gasteiger partial charge is 0.145 e. The Morgan fingerprint density at radius 1 is 0.857 bits per heavy atom. The molecule has 0 spiro atoms. The van der Waals surface area contributed by atoms with Gasteiger partial charge in [-0.25, -0.2) is 17.6 Å². The van der Waals surface area contributed by atoms with Gasteiger partial charge in [-0.15, -0.1) is 0 Å². The van der Waals surface area contributed by atoms with E-state index >= 15 is 4.39 Å². The van der Waals surface area contributed by atoms with Gasteiger partial charge in [0.1, 0.15) is 28.3 Å². The molecule has 5 heteroatoms. The summed E-state index contributed by atoms with van der Waals surface area (Å²) in [5, 5.41) is -0.695. The highest BCUT2D eigenvalue weighted by Crippen LogP contribution is 2.41. The van der Waals surface area contributed by atoms with Crippen LogP contribution < -0.4 is 0 Å². The minimum absolute atomic E-state index is 0.207. The van der Waals surface area contributed by atoms with Gasteiger partial charge >= 0.3 is 0 Å². The summed E-state index contributed by atoms with van der Waals surface area (Å²) in [6.45, 7) is 2.10. The highest BCUT2D eigenvalue weighted by atomic mass is 35.5. The molecule has 0 saturated carbocycles. The van der Waals surface area contributed by atoms with Gasteiger partial charge in [-0.2, -0.15) is 0 Å². The predicted molar refractivity (Wildman–Crippen MR) is 104 cm³/mol. The van der Waals surface area contributed by atoms with Crippen molar-refractivity contribution in [3.63, 3.8) is 0 Å². The lowest BCUT2D eigenvalue weighted by Crippen LogP contribution is -2.09. The van der Waals surface area contributed by atoms with E-state index in [1.807, 2.05) is 12.1 Å². The monoisotopic (exact) mass is 404 g/mol. The van der Waals surface area contributed by atoms with Crippen LogP contribution in [0.3, 0.4) is 0 Å². The zero-order chi connectivity index (χ0) is 20.0. The van der Waals surface area contributed by atoms with Crippen molar-refractivity contribution in [1.29, 1.82) is 0 Å². The summed E-state index contributed by atoms with van der Waals surface area (Å²) in [7, 11) is 0. The van der Waals surface area contributed by atoms with E-state index in [-0.39, 0.29) is 5.56 Å². The highest BCUT2D eigenvalue weighted by molar-refractivity contribution is 6.31. The molecule has 0 N–H and O–H groups in total. The van der Waals surface area contributed by atoms with Crippen LogP contribution in [-0.4, -0.2) is 0 Å². The average Bonchev–Trinajstić information content (AvgIpc) is 2.66. The fourth-order valence-electron chi connectivity index (χ4n) is 3.93. The Morgan fingerprint density at radius 2 is 1.57 bits per heavy atom. The molecule has 3 aromatic carbocycles. The van der Waals surface area contributed by atoms with Crippen LogP contribution >= 0.6 is 11.6 Å². The number of fused-ring (bicyclic) bond motifs is 3. The standard InChI is InChI=1S/C23H17ClF4/c1-2-3-12-4-6-15-13(8-12)5-7-16-17(15)11-18(25)21(23(16)28)14-9-19(26)22(24)20(27)10-14/h4,6,8-11H,2-3,5,7H2,1H3. The van der Waals surface area contributed by atoms with Gasteiger partial charge in [0.15, 0.2) is 0 Å². The Hall–Kier alpha value is -2.33. The van der Waals surface area contributed by atoms with Crippen molar-refractivity contribution in [2.24, 2.45) is 0 Å². The fourth-order valence-corrected chi connectivity index (χ4v) is 4.04. The Labute approximate surface area is 165 Å². The van der Waals surface area contributed by atoms with E-state index in [0.29, 0.717) is 24.0 Å². The molecule has 144 valence electrons. The maximum Gasteiger partial charge on any atom is 0.145 e. The molecule has 0 fully saturated rings. The van der Waals surface area contributed by atoms with Crippen molar-refractivity contribution in [2.75, 3.05) is 0 Å². The van der Waals surface area contributed by atoms with Crippen molar-refractivity contribution >= 4 is 11.6 Å². The van der Waals surface area contributed by atoms with Crippen LogP contribution in [0.4, 0.5) is 17.6 Å². The predicted octanol–water partition coefficient (Wildman–Crippen LogP) is 7.28. The van der Waals surface area contributed by atoms with Crippen LogP contribution in [0, 0.1) is 23.3 Å². The van der Waals surface area contributed by atoms with Crippen LogP contribution in [0.25, 0.3) is 22.3 Å². The lowest BCUT2D eigenvalue weighted by Gasteiger charge is -2.23. The first-order chi connectivity index (χ1) is 13.4. The van der Waals surface area contributed by atoms with Crippen LogP contribution in [0.15, 0.2) is 36.4 Å². The summed E-state index contributed by atoms with van der Waals surface area (Å²) in [4.78, 5) is 0. The van der Waals surface area contributed by atoms with Gasteiger partial charge in [-0.05, 0) is 70.8 Å². The molecule has 0 unspecified atom stereocenters. The summed E-state index contributed by atoms with van der Waals surface area (Å²) in [5.74, 6) is -3.74. The molecule has 0 aromatic heterocycles. The first-order valence-electron chi connectivity index (χ1n) is 9.18. The minimum atomic E-state index is -1.05. The van der Waals surface area contributed by atoms with Gasteiger partial charge < -0.3 is 0 Å². The SMILES string of the molecule is CCCc1ccc2c(c1)CCc1c-2cc(F)c(-c2cc(F)c(Cl)c(F)c2)c1F. The molecule has 3 aromatic rings. The fraction of sp³-hybridized carbons (Fsp3) is 0.217. The summed E-state index contributed by atoms with van der Waals surface area (Å²) in [5.41, 5.74) is 3.29. The second kappa shape index (κ2) is 7.25. The van der Waals surface area contributed by atoms with Gasteiger partial charge in [0.2, 0.25) is 0 Å². The molecule has 1 aliphatic rings. The van der Waals surface area contributed by atoms with Crippen LogP contribution in [0.1, 0.15) is 30.0 Å². The zero-order valence-corrected chi connectivity index (χ0v) is 15.9. The Morgan fingerprint density at radius 3 is 2.25 bits per heavy atom. The van der Waals surface area contributed by atoms with Crippen LogP contribution in [0.5, 0.6) is 0 Å². The molecule has 1 aliphatic carbocycles. The van der Waals surface area contributed by atoms with Crippen molar-refractivity contribution in [3.8, 4) is 22.3 Å². The van der Waals surface area contributed by atoms with Crippen molar-refractivity contribution in [3.05, 3.63) is 81.4 Å². The van der Waals surface area contributed by atoms with Gasteiger partial charge in [-0.1, -0.05) is 43.1 Å². The number of rotatable bonds is 3. The summed E-state index contributed by atoms with van der Waals surface area (Å²) in [6, 6.07) is 8.94. The average molecular weight is 405 g/mol. The van der Waals surface area contributed by atoms with Gasteiger partial charge in [0.05, 0.1) is 5.56 Å². The topological polar surface area (TPSA) is 0 Å². The Kier molecular flexibility index (Phi) is 4.92. The second-order valence-electron chi connectivity index (χ2n) is 7.07. The Bertz CT molecular complexity index is 1070. The van der Waals surface area contributed by atoms with E-state index in [1.165, 1.54) is 11.6 Å². The van der Waals surface area contributed by atoms with E-state index in [2.05, 4.69) is 13.0 Å². The maximum absolute atomic E-state index is 15.2. The molecule has 28 heavy (non-hydrogen) atoms. The van der Waals surface area contributed by atoms with Crippen molar-refractivity contribution < 1.29 is 17.6 Å². The molecular formula is C23H17ClF4. The normalized spacial score (nSPS) is 12.6. The highest BCUT2D eigenvalue weighted by Gasteiger charge is 2.26. The molecule has 4 rings (SSSR count). The quantitative estimate of drug-likeness (QED) is 0.318. The van der Waals surface area contributed by atoms with Crippen molar-refractivity contribution in [2.45, 2.75) is 32.6 Å². The van der Waals surface area contributed by atoms with Crippen LogP contribution in [0.2, 0.25) is 5.02 Å². The molecule has 0 amide bonds. The Balaban J connectivity index is 1.88. The van der Waals surface area contributed by atoms with E-state index in [1.54, 1.807) is 0 Å². The number of hydrogen-bond acceptors (Lipinski definition) is 0. The zero-order valence-electron chi connectivity index (χ0n) is 15.2.